The fraction of sp³-hybridized carbons (Fsp3) is 0.400. The Morgan fingerprint density at radius 3 is 1.67 bits per heavy atom. The van der Waals surface area contributed by atoms with E-state index in [-0.39, 0.29) is 0 Å². The van der Waals surface area contributed by atoms with Crippen LogP contribution in [-0.2, 0) is 19.1 Å². The van der Waals surface area contributed by atoms with Crippen molar-refractivity contribution in [1.29, 1.82) is 0 Å². The van der Waals surface area contributed by atoms with Crippen molar-refractivity contribution in [3.05, 3.63) is 34.9 Å². The summed E-state index contributed by atoms with van der Waals surface area (Å²) >= 11 is 0. The van der Waals surface area contributed by atoms with Crippen LogP contribution in [0.2, 0.25) is 0 Å². The van der Waals surface area contributed by atoms with Gasteiger partial charge in [-0.05, 0) is 12.0 Å². The molecule has 0 unspecified atom stereocenters. The quantitative estimate of drug-likeness (QED) is 0.562. The molecule has 1 aromatic carbocycles. The van der Waals surface area contributed by atoms with E-state index in [9.17, 15) is 0 Å². The van der Waals surface area contributed by atoms with Crippen molar-refractivity contribution in [2.75, 3.05) is 0 Å². The molecule has 2 heteroatoms. The Bertz CT molecular complexity index is 201. The van der Waals surface area contributed by atoms with Gasteiger partial charge in [0.15, 0.2) is 0 Å². The third-order valence-electron chi connectivity index (χ3n) is 2.34. The van der Waals surface area contributed by atoms with Gasteiger partial charge >= 0.3 is 0 Å². The van der Waals surface area contributed by atoms with Crippen LogP contribution in [-0.4, -0.2) is 15.7 Å². The van der Waals surface area contributed by atoms with Gasteiger partial charge in [-0.15, -0.1) is 0 Å². The van der Waals surface area contributed by atoms with Gasteiger partial charge < -0.3 is 0 Å². The van der Waals surface area contributed by atoms with Gasteiger partial charge in [-0.1, -0.05) is 48.9 Å². The first-order valence-electron chi connectivity index (χ1n) is 4.91. The summed E-state index contributed by atoms with van der Waals surface area (Å²) in [6.45, 7) is 2.22. The lowest BCUT2D eigenvalue weighted by atomic mass is 9.89. The molecule has 0 heterocycles. The molecule has 0 bridgehead atoms. The summed E-state index contributed by atoms with van der Waals surface area (Å²) in [5.74, 6) is 0. The normalized spacial score (nSPS) is 10.1. The number of hydrogen-bond acceptors (Lipinski definition) is 0. The minimum absolute atomic E-state index is 1.15. The molecule has 0 radical (unpaired) electrons. The van der Waals surface area contributed by atoms with Crippen LogP contribution in [0, 0.1) is 0 Å². The molecule has 1 rings (SSSR count). The van der Waals surface area contributed by atoms with Crippen molar-refractivity contribution in [2.24, 2.45) is 0 Å². The maximum atomic E-state index is 2.32. The molecule has 0 nitrogen and oxygen atoms in total. The van der Waals surface area contributed by atoms with Gasteiger partial charge in [-0.2, -0.15) is 0 Å². The molecule has 62 valence electrons. The first kappa shape index (κ1) is 9.44. The first-order valence-corrected chi connectivity index (χ1v) is 4.91. The fourth-order valence-electron chi connectivity index (χ4n) is 1.45. The molecule has 0 saturated carbocycles. The van der Waals surface area contributed by atoms with Crippen LogP contribution in [0.15, 0.2) is 18.2 Å². The predicted molar refractivity (Wildman–Crippen MR) is 60.3 cm³/mol. The molecule has 12 heavy (non-hydrogen) atoms. The van der Waals surface area contributed by atoms with E-state index in [0.717, 1.165) is 19.1 Å². The summed E-state index contributed by atoms with van der Waals surface area (Å²) in [6.07, 6.45) is 3.46. The van der Waals surface area contributed by atoms with Crippen LogP contribution in [0.4, 0.5) is 0 Å². The highest BCUT2D eigenvalue weighted by Crippen LogP contribution is 2.10. The van der Waals surface area contributed by atoms with E-state index in [1.807, 2.05) is 0 Å². The molecule has 0 aliphatic carbocycles. The number of rotatable bonds is 3. The summed E-state index contributed by atoms with van der Waals surface area (Å²) in [5.41, 5.74) is 4.43. The monoisotopic (exact) mass is 158 g/mol. The molecule has 0 atom stereocenters. The summed E-state index contributed by atoms with van der Waals surface area (Å²) in [4.78, 5) is 0. The highest BCUT2D eigenvalue weighted by atomic mass is 14.0. The average Bonchev–Trinajstić information content (AvgIpc) is 2.16. The Kier molecular flexibility index (Phi) is 3.46. The van der Waals surface area contributed by atoms with Crippen LogP contribution in [0.3, 0.4) is 0 Å². The van der Waals surface area contributed by atoms with E-state index in [1.54, 1.807) is 0 Å². The fourth-order valence-corrected chi connectivity index (χ4v) is 1.45. The first-order chi connectivity index (χ1) is 5.80. The maximum absolute atomic E-state index is 2.32. The van der Waals surface area contributed by atoms with Crippen LogP contribution in [0.1, 0.15) is 23.6 Å². The molecule has 0 aliphatic heterocycles. The van der Waals surface area contributed by atoms with Gasteiger partial charge in [-0.25, -0.2) is 0 Å². The Hall–Kier alpha value is -0.650. The third-order valence-corrected chi connectivity index (χ3v) is 2.34. The molecule has 0 saturated heterocycles. The van der Waals surface area contributed by atoms with E-state index in [0.29, 0.717) is 0 Å². The van der Waals surface area contributed by atoms with Crippen molar-refractivity contribution in [2.45, 2.75) is 26.0 Å². The largest absolute Gasteiger partial charge is 0.107 e. The molecule has 0 N–H and O–H groups in total. The average molecular weight is 158 g/mol. The lowest BCUT2D eigenvalue weighted by molar-refractivity contribution is 1.11. The van der Waals surface area contributed by atoms with Crippen molar-refractivity contribution >= 4 is 15.7 Å². The highest BCUT2D eigenvalue weighted by molar-refractivity contribution is 6.09. The van der Waals surface area contributed by atoms with Crippen molar-refractivity contribution in [3.63, 3.8) is 0 Å². The second-order valence-corrected chi connectivity index (χ2v) is 3.22. The minimum atomic E-state index is 1.15. The van der Waals surface area contributed by atoms with Crippen molar-refractivity contribution in [3.8, 4) is 0 Å². The molecule has 0 amide bonds. The Morgan fingerprint density at radius 2 is 1.33 bits per heavy atom. The topological polar surface area (TPSA) is 0 Å². The summed E-state index contributed by atoms with van der Waals surface area (Å²) in [5, 5.41) is 0. The molecule has 0 aliphatic rings. The van der Waals surface area contributed by atoms with E-state index in [4.69, 9.17) is 0 Å². The summed E-state index contributed by atoms with van der Waals surface area (Å²) in [6, 6.07) is 6.96. The SMILES string of the molecule is BCc1cc(CB)cc(CC)c1. The second kappa shape index (κ2) is 4.39. The van der Waals surface area contributed by atoms with Crippen LogP contribution >= 0.6 is 0 Å². The second-order valence-electron chi connectivity index (χ2n) is 3.22. The Morgan fingerprint density at radius 1 is 0.917 bits per heavy atom. The number of benzene rings is 1. The van der Waals surface area contributed by atoms with Crippen molar-refractivity contribution < 1.29 is 0 Å². The molecule has 0 fully saturated rings. The van der Waals surface area contributed by atoms with Crippen LogP contribution in [0.25, 0.3) is 0 Å². The summed E-state index contributed by atoms with van der Waals surface area (Å²) in [7, 11) is 4.43. The lowest BCUT2D eigenvalue weighted by Gasteiger charge is -2.05. The summed E-state index contributed by atoms with van der Waals surface area (Å²) < 4.78 is 0. The van der Waals surface area contributed by atoms with Gasteiger partial charge in [0.25, 0.3) is 0 Å². The Balaban J connectivity index is 3.01. The Labute approximate surface area is 77.2 Å². The molecule has 0 spiro atoms. The standard InChI is InChI=1S/C10H16B2/c1-2-8-3-9(6-11)5-10(4-8)7-12/h3-5H,2,6-7,11-12H2,1H3. The van der Waals surface area contributed by atoms with Gasteiger partial charge in [-0.3, -0.25) is 0 Å². The molecule has 0 aromatic heterocycles. The van der Waals surface area contributed by atoms with Crippen molar-refractivity contribution in [1.82, 2.24) is 0 Å². The number of aryl methyl sites for hydroxylation is 1. The van der Waals surface area contributed by atoms with Crippen LogP contribution < -0.4 is 0 Å². The van der Waals surface area contributed by atoms with E-state index in [1.165, 1.54) is 16.7 Å². The molecule has 1 aromatic rings. The van der Waals surface area contributed by atoms with Gasteiger partial charge in [0.2, 0.25) is 0 Å². The number of hydrogen-bond donors (Lipinski definition) is 0. The predicted octanol–water partition coefficient (Wildman–Crippen LogP) is 0.515. The smallest absolute Gasteiger partial charge is 0.0613 e. The zero-order valence-electron chi connectivity index (χ0n) is 8.35. The zero-order chi connectivity index (χ0) is 8.97. The lowest BCUT2D eigenvalue weighted by Crippen LogP contribution is -1.93. The van der Waals surface area contributed by atoms with Gasteiger partial charge in [0.05, 0.1) is 0 Å². The molecular weight excluding hydrogens is 142 g/mol. The van der Waals surface area contributed by atoms with Gasteiger partial charge in [0, 0.05) is 0 Å². The highest BCUT2D eigenvalue weighted by Gasteiger charge is 1.96. The van der Waals surface area contributed by atoms with Crippen LogP contribution in [0.5, 0.6) is 0 Å². The maximum Gasteiger partial charge on any atom is 0.107 e. The minimum Gasteiger partial charge on any atom is -0.0613 e. The van der Waals surface area contributed by atoms with E-state index < -0.39 is 0 Å². The van der Waals surface area contributed by atoms with E-state index in [2.05, 4.69) is 40.8 Å². The van der Waals surface area contributed by atoms with E-state index >= 15 is 0 Å². The third kappa shape index (κ3) is 2.17. The zero-order valence-corrected chi connectivity index (χ0v) is 8.35. The molecular formula is C10H16B2. The van der Waals surface area contributed by atoms with Gasteiger partial charge in [0.1, 0.15) is 15.7 Å².